The maximum absolute atomic E-state index is 16.2. The minimum absolute atomic E-state index is 0.171. The van der Waals surface area contributed by atoms with Crippen LogP contribution in [0.3, 0.4) is 0 Å². The normalized spacial score (nSPS) is 13.9. The molecule has 0 aliphatic carbocycles. The lowest BCUT2D eigenvalue weighted by molar-refractivity contribution is -0.0517. The van der Waals surface area contributed by atoms with Gasteiger partial charge in [0.25, 0.3) is 0 Å². The summed E-state index contributed by atoms with van der Waals surface area (Å²) in [5, 5.41) is 3.44. The largest absolute Gasteiger partial charge is 0.741 e. The van der Waals surface area contributed by atoms with Crippen LogP contribution < -0.4 is 20.8 Å². The van der Waals surface area contributed by atoms with Gasteiger partial charge in [-0.1, -0.05) is 72.8 Å². The predicted octanol–water partition coefficient (Wildman–Crippen LogP) is 5.86. The Hall–Kier alpha value is -3.52. The number of anilines is 1. The average molecular weight is 574 g/mol. The first-order valence-electron chi connectivity index (χ1n) is 11.9. The number of hydrogen-bond donors (Lipinski definition) is 0. The molecule has 5 rings (SSSR count). The summed E-state index contributed by atoms with van der Waals surface area (Å²) in [5.74, 6) is 1.74. The van der Waals surface area contributed by atoms with E-state index in [-0.39, 0.29) is 5.95 Å². The Morgan fingerprint density at radius 1 is 0.744 bits per heavy atom. The summed E-state index contributed by atoms with van der Waals surface area (Å²) >= 11 is 0. The van der Waals surface area contributed by atoms with Gasteiger partial charge in [0.1, 0.15) is 29.0 Å². The Morgan fingerprint density at radius 2 is 1.13 bits per heavy atom. The van der Waals surface area contributed by atoms with Gasteiger partial charge in [0.15, 0.2) is 10.1 Å². The van der Waals surface area contributed by atoms with Gasteiger partial charge in [-0.05, 0) is 54.4 Å². The summed E-state index contributed by atoms with van der Waals surface area (Å²) in [4.78, 5) is 1.83. The van der Waals surface area contributed by atoms with E-state index in [0.717, 1.165) is 28.0 Å². The first-order chi connectivity index (χ1) is 18.5. The number of fused-ring (bicyclic) bond motifs is 1. The highest BCUT2D eigenvalue weighted by molar-refractivity contribution is 7.98. The predicted molar refractivity (Wildman–Crippen MR) is 148 cm³/mol. The van der Waals surface area contributed by atoms with Crippen molar-refractivity contribution in [1.29, 1.82) is 0 Å². The SMILES string of the molecule is F/C(=C\[P+](c1ccccc1)(c1ccccc1)c1ccccc1)N1CCc2ccccc21.O=S(=O)([O-])C(F)(F)F. The first kappa shape index (κ1) is 28.5. The molecule has 0 N–H and O–H groups in total. The molecule has 39 heavy (non-hydrogen) atoms. The van der Waals surface area contributed by atoms with Crippen LogP contribution >= 0.6 is 7.26 Å². The summed E-state index contributed by atoms with van der Waals surface area (Å²) in [7, 11) is -8.44. The van der Waals surface area contributed by atoms with Gasteiger partial charge in [-0.2, -0.15) is 17.6 Å². The third kappa shape index (κ3) is 6.22. The number of para-hydroxylation sites is 1. The number of benzene rings is 4. The second-order valence-electron chi connectivity index (χ2n) is 8.61. The molecule has 0 spiro atoms. The highest BCUT2D eigenvalue weighted by Gasteiger charge is 2.45. The summed E-state index contributed by atoms with van der Waals surface area (Å²) in [6.45, 7) is 0.667. The van der Waals surface area contributed by atoms with Crippen molar-refractivity contribution < 1.29 is 30.5 Å². The van der Waals surface area contributed by atoms with Crippen LogP contribution in [0.15, 0.2) is 127 Å². The summed E-state index contributed by atoms with van der Waals surface area (Å²) in [5.41, 5.74) is -3.47. The fraction of sp³-hybridized carbons (Fsp3) is 0.103. The van der Waals surface area contributed by atoms with Crippen molar-refractivity contribution in [3.8, 4) is 0 Å². The zero-order chi connectivity index (χ0) is 28.1. The van der Waals surface area contributed by atoms with E-state index in [9.17, 15) is 13.2 Å². The van der Waals surface area contributed by atoms with Crippen LogP contribution in [0.2, 0.25) is 0 Å². The van der Waals surface area contributed by atoms with Crippen molar-refractivity contribution >= 4 is 39.0 Å². The molecule has 0 bridgehead atoms. The zero-order valence-corrected chi connectivity index (χ0v) is 22.2. The second-order valence-corrected chi connectivity index (χ2v) is 13.2. The third-order valence-corrected chi connectivity index (χ3v) is 10.7. The molecule has 0 fully saturated rings. The number of nitrogens with zero attached hydrogens (tertiary/aromatic N) is 1. The van der Waals surface area contributed by atoms with Crippen molar-refractivity contribution in [2.75, 3.05) is 11.4 Å². The van der Waals surface area contributed by atoms with Crippen LogP contribution in [0.1, 0.15) is 5.56 Å². The Morgan fingerprint density at radius 3 is 1.54 bits per heavy atom. The molecule has 4 aromatic carbocycles. The van der Waals surface area contributed by atoms with E-state index in [2.05, 4.69) is 42.5 Å². The molecule has 0 atom stereocenters. The van der Waals surface area contributed by atoms with Gasteiger partial charge in [0.05, 0.1) is 0 Å². The third-order valence-electron chi connectivity index (χ3n) is 6.22. The van der Waals surface area contributed by atoms with Crippen LogP contribution in [0, 0.1) is 0 Å². The van der Waals surface area contributed by atoms with Crippen molar-refractivity contribution in [2.45, 2.75) is 11.9 Å². The fourth-order valence-electron chi connectivity index (χ4n) is 4.45. The van der Waals surface area contributed by atoms with Gasteiger partial charge in [-0.25, -0.2) is 8.42 Å². The topological polar surface area (TPSA) is 60.4 Å². The van der Waals surface area contributed by atoms with E-state index in [0.29, 0.717) is 6.54 Å². The zero-order valence-electron chi connectivity index (χ0n) is 20.5. The van der Waals surface area contributed by atoms with Gasteiger partial charge in [-0.3, -0.25) is 0 Å². The molecule has 1 aliphatic heterocycles. The Balaban J connectivity index is 0.000000386. The molecular weight excluding hydrogens is 549 g/mol. The standard InChI is InChI=1S/C28H24FNP.CHF3O3S/c29-28(30-21-20-23-12-10-11-19-27(23)30)22-31(24-13-4-1-5-14-24,25-15-6-2-7-16-25)26-17-8-3-9-18-26;2-1(3,4)8(5,6)7/h1-19,22H,20-21H2;(H,5,6,7)/q+1;/p-1/b28-22+;. The summed E-state index contributed by atoms with van der Waals surface area (Å²) in [6, 6.07) is 39.3. The summed E-state index contributed by atoms with van der Waals surface area (Å²) in [6.07, 6.45) is 0.866. The van der Waals surface area contributed by atoms with Crippen molar-refractivity contribution in [2.24, 2.45) is 0 Å². The number of halogens is 4. The van der Waals surface area contributed by atoms with Gasteiger partial charge in [0, 0.05) is 12.2 Å². The smallest absolute Gasteiger partial charge is 0.485 e. The molecule has 0 saturated heterocycles. The minimum atomic E-state index is -6.09. The van der Waals surface area contributed by atoms with Crippen molar-refractivity contribution in [3.63, 3.8) is 0 Å². The van der Waals surface area contributed by atoms with Gasteiger partial charge in [0.2, 0.25) is 5.95 Å². The van der Waals surface area contributed by atoms with Crippen LogP contribution in [0.5, 0.6) is 0 Å². The van der Waals surface area contributed by atoms with Crippen molar-refractivity contribution in [1.82, 2.24) is 0 Å². The van der Waals surface area contributed by atoms with Crippen LogP contribution in [0.25, 0.3) is 0 Å². The van der Waals surface area contributed by atoms with Gasteiger partial charge >= 0.3 is 5.51 Å². The molecule has 4 nitrogen and oxygen atoms in total. The van der Waals surface area contributed by atoms with E-state index >= 15 is 4.39 Å². The highest BCUT2D eigenvalue weighted by Crippen LogP contribution is 2.58. The van der Waals surface area contributed by atoms with E-state index in [1.807, 2.05) is 83.5 Å². The van der Waals surface area contributed by atoms with E-state index in [1.54, 1.807) is 0 Å². The quantitative estimate of drug-likeness (QED) is 0.0987. The number of rotatable bonds is 5. The van der Waals surface area contributed by atoms with Crippen LogP contribution in [-0.2, 0) is 16.5 Å². The lowest BCUT2D eigenvalue weighted by atomic mass is 10.2. The molecule has 1 aliphatic rings. The Labute approximate surface area is 225 Å². The monoisotopic (exact) mass is 573 g/mol. The maximum Gasteiger partial charge on any atom is 0.485 e. The van der Waals surface area contributed by atoms with E-state index in [4.69, 9.17) is 13.0 Å². The molecule has 4 aromatic rings. The van der Waals surface area contributed by atoms with E-state index < -0.39 is 22.9 Å². The number of alkyl halides is 3. The maximum atomic E-state index is 16.2. The van der Waals surface area contributed by atoms with E-state index in [1.165, 1.54) is 5.56 Å². The minimum Gasteiger partial charge on any atom is -0.741 e. The molecular formula is C29H24F4NO3PS. The average Bonchev–Trinajstić information content (AvgIpc) is 3.37. The van der Waals surface area contributed by atoms with Crippen molar-refractivity contribution in [3.05, 3.63) is 133 Å². The molecule has 202 valence electrons. The van der Waals surface area contributed by atoms with Gasteiger partial charge < -0.3 is 9.45 Å². The fourth-order valence-corrected chi connectivity index (χ4v) is 8.18. The molecule has 1 heterocycles. The Bertz CT molecular complexity index is 1430. The molecule has 0 radical (unpaired) electrons. The highest BCUT2D eigenvalue weighted by atomic mass is 32.2. The molecule has 0 unspecified atom stereocenters. The lowest BCUT2D eigenvalue weighted by Gasteiger charge is -2.26. The summed E-state index contributed by atoms with van der Waals surface area (Å²) < 4.78 is 75.1. The lowest BCUT2D eigenvalue weighted by Crippen LogP contribution is -2.31. The molecule has 0 amide bonds. The molecule has 0 saturated carbocycles. The van der Waals surface area contributed by atoms with Crippen LogP contribution in [-0.4, -0.2) is 25.0 Å². The molecule has 0 aromatic heterocycles. The first-order valence-corrected chi connectivity index (χ1v) is 15.1. The number of hydrogen-bond acceptors (Lipinski definition) is 4. The molecule has 10 heteroatoms. The Kier molecular flexibility index (Phi) is 8.54. The van der Waals surface area contributed by atoms with Gasteiger partial charge in [-0.15, -0.1) is 0 Å². The van der Waals surface area contributed by atoms with Crippen LogP contribution in [0.4, 0.5) is 23.2 Å². The second kappa shape index (κ2) is 11.7.